The molecule has 3 aromatic rings. The molecule has 4 heteroatoms. The van der Waals surface area contributed by atoms with Crippen LogP contribution in [0.4, 0.5) is 10.2 Å². The van der Waals surface area contributed by atoms with E-state index in [0.29, 0.717) is 0 Å². The number of anilines is 1. The van der Waals surface area contributed by atoms with Crippen LogP contribution >= 0.6 is 0 Å². The molecule has 0 radical (unpaired) electrons. The molecule has 1 aliphatic rings. The summed E-state index contributed by atoms with van der Waals surface area (Å²) in [6, 6.07) is 13.0. The predicted molar refractivity (Wildman–Crippen MR) is 75.8 cm³/mol. The summed E-state index contributed by atoms with van der Waals surface area (Å²) in [5.41, 5.74) is 3.37. The van der Waals surface area contributed by atoms with Gasteiger partial charge in [-0.25, -0.2) is 14.4 Å². The SMILES string of the molecule is Fc1ccc2ncnc(N3Cc4ccccc4C3)c2c1. The first-order valence-corrected chi connectivity index (χ1v) is 6.53. The molecule has 0 bridgehead atoms. The predicted octanol–water partition coefficient (Wildman–Crippen LogP) is 3.29. The normalized spacial score (nSPS) is 13.8. The van der Waals surface area contributed by atoms with Crippen molar-refractivity contribution >= 4 is 16.7 Å². The fourth-order valence-electron chi connectivity index (χ4n) is 2.75. The lowest BCUT2D eigenvalue weighted by atomic mass is 10.1. The van der Waals surface area contributed by atoms with Crippen LogP contribution in [-0.4, -0.2) is 9.97 Å². The molecule has 0 aliphatic carbocycles. The van der Waals surface area contributed by atoms with Gasteiger partial charge in [-0.2, -0.15) is 0 Å². The molecule has 4 rings (SSSR count). The Balaban J connectivity index is 1.83. The molecular formula is C16H12FN3. The van der Waals surface area contributed by atoms with Crippen LogP contribution in [-0.2, 0) is 13.1 Å². The van der Waals surface area contributed by atoms with Gasteiger partial charge in [-0.1, -0.05) is 24.3 Å². The summed E-state index contributed by atoms with van der Waals surface area (Å²) in [5.74, 6) is 0.538. The van der Waals surface area contributed by atoms with Gasteiger partial charge < -0.3 is 4.90 Å². The van der Waals surface area contributed by atoms with Crippen molar-refractivity contribution < 1.29 is 4.39 Å². The molecule has 0 amide bonds. The van der Waals surface area contributed by atoms with Crippen LogP contribution in [0.25, 0.3) is 10.9 Å². The Morgan fingerprint density at radius 3 is 2.45 bits per heavy atom. The minimum absolute atomic E-state index is 0.259. The highest BCUT2D eigenvalue weighted by Crippen LogP contribution is 2.31. The van der Waals surface area contributed by atoms with Crippen molar-refractivity contribution in [1.29, 1.82) is 0 Å². The molecule has 0 saturated heterocycles. The van der Waals surface area contributed by atoms with E-state index >= 15 is 0 Å². The Bertz CT molecular complexity index is 776. The highest BCUT2D eigenvalue weighted by atomic mass is 19.1. The van der Waals surface area contributed by atoms with E-state index in [1.54, 1.807) is 12.4 Å². The Morgan fingerprint density at radius 2 is 1.70 bits per heavy atom. The van der Waals surface area contributed by atoms with Gasteiger partial charge in [0.25, 0.3) is 0 Å². The zero-order chi connectivity index (χ0) is 13.5. The van der Waals surface area contributed by atoms with Gasteiger partial charge in [-0.15, -0.1) is 0 Å². The molecule has 2 aromatic carbocycles. The maximum Gasteiger partial charge on any atom is 0.140 e. The third-order valence-electron chi connectivity index (χ3n) is 3.72. The number of nitrogens with zero attached hydrogens (tertiary/aromatic N) is 3. The molecule has 2 heterocycles. The standard InChI is InChI=1S/C16H12FN3/c17-13-5-6-15-14(7-13)16(19-10-18-15)20-8-11-3-1-2-4-12(11)9-20/h1-7,10H,8-9H2. The van der Waals surface area contributed by atoms with E-state index in [-0.39, 0.29) is 5.82 Å². The summed E-state index contributed by atoms with van der Waals surface area (Å²) in [7, 11) is 0. The first-order valence-electron chi connectivity index (χ1n) is 6.53. The first kappa shape index (κ1) is 11.3. The fourth-order valence-corrected chi connectivity index (χ4v) is 2.75. The van der Waals surface area contributed by atoms with Gasteiger partial charge >= 0.3 is 0 Å². The fraction of sp³-hybridized carbons (Fsp3) is 0.125. The summed E-state index contributed by atoms with van der Waals surface area (Å²) >= 11 is 0. The van der Waals surface area contributed by atoms with Crippen molar-refractivity contribution in [2.45, 2.75) is 13.1 Å². The van der Waals surface area contributed by atoms with Gasteiger partial charge in [0.1, 0.15) is 18.0 Å². The van der Waals surface area contributed by atoms with Crippen LogP contribution in [0, 0.1) is 5.82 Å². The van der Waals surface area contributed by atoms with E-state index in [4.69, 9.17) is 0 Å². The second kappa shape index (κ2) is 4.27. The zero-order valence-electron chi connectivity index (χ0n) is 10.8. The van der Waals surface area contributed by atoms with Crippen molar-refractivity contribution in [2.75, 3.05) is 4.90 Å². The number of rotatable bonds is 1. The number of hydrogen-bond donors (Lipinski definition) is 0. The maximum absolute atomic E-state index is 13.5. The molecule has 0 spiro atoms. The lowest BCUT2D eigenvalue weighted by molar-refractivity contribution is 0.629. The molecule has 20 heavy (non-hydrogen) atoms. The molecule has 1 aromatic heterocycles. The maximum atomic E-state index is 13.5. The smallest absolute Gasteiger partial charge is 0.140 e. The quantitative estimate of drug-likeness (QED) is 0.676. The van der Waals surface area contributed by atoms with E-state index in [9.17, 15) is 4.39 Å². The Hall–Kier alpha value is -2.49. The zero-order valence-corrected chi connectivity index (χ0v) is 10.8. The van der Waals surface area contributed by atoms with E-state index in [1.165, 1.54) is 23.3 Å². The highest BCUT2D eigenvalue weighted by molar-refractivity contribution is 5.89. The lowest BCUT2D eigenvalue weighted by Crippen LogP contribution is -2.16. The Kier molecular flexibility index (Phi) is 2.42. The largest absolute Gasteiger partial charge is 0.347 e. The topological polar surface area (TPSA) is 29.0 Å². The van der Waals surface area contributed by atoms with Crippen molar-refractivity contribution in [2.24, 2.45) is 0 Å². The number of benzene rings is 2. The molecule has 0 N–H and O–H groups in total. The number of halogens is 1. The second-order valence-electron chi connectivity index (χ2n) is 4.98. The van der Waals surface area contributed by atoms with Crippen LogP contribution in [0.2, 0.25) is 0 Å². The minimum atomic E-state index is -0.259. The highest BCUT2D eigenvalue weighted by Gasteiger charge is 2.21. The van der Waals surface area contributed by atoms with Crippen LogP contribution in [0.1, 0.15) is 11.1 Å². The van der Waals surface area contributed by atoms with Crippen LogP contribution < -0.4 is 4.90 Å². The molecule has 3 nitrogen and oxygen atoms in total. The van der Waals surface area contributed by atoms with Gasteiger partial charge in [-0.3, -0.25) is 0 Å². The van der Waals surface area contributed by atoms with E-state index in [0.717, 1.165) is 29.8 Å². The molecule has 98 valence electrons. The van der Waals surface area contributed by atoms with Crippen LogP contribution in [0.5, 0.6) is 0 Å². The van der Waals surface area contributed by atoms with Crippen molar-refractivity contribution in [3.63, 3.8) is 0 Å². The molecule has 0 atom stereocenters. The van der Waals surface area contributed by atoms with Crippen LogP contribution in [0.15, 0.2) is 48.8 Å². The minimum Gasteiger partial charge on any atom is -0.347 e. The summed E-state index contributed by atoms with van der Waals surface area (Å²) < 4.78 is 13.5. The van der Waals surface area contributed by atoms with E-state index in [2.05, 4.69) is 27.0 Å². The number of hydrogen-bond acceptors (Lipinski definition) is 3. The number of fused-ring (bicyclic) bond motifs is 2. The van der Waals surface area contributed by atoms with Crippen LogP contribution in [0.3, 0.4) is 0 Å². The molecule has 0 unspecified atom stereocenters. The van der Waals surface area contributed by atoms with Crippen molar-refractivity contribution in [3.8, 4) is 0 Å². The van der Waals surface area contributed by atoms with Crippen molar-refractivity contribution in [3.05, 3.63) is 65.7 Å². The monoisotopic (exact) mass is 265 g/mol. The van der Waals surface area contributed by atoms with Gasteiger partial charge in [-0.05, 0) is 29.3 Å². The van der Waals surface area contributed by atoms with Gasteiger partial charge in [0, 0.05) is 18.5 Å². The summed E-state index contributed by atoms with van der Waals surface area (Å²) in [5, 5.41) is 0.764. The average molecular weight is 265 g/mol. The molecule has 1 aliphatic heterocycles. The third-order valence-corrected chi connectivity index (χ3v) is 3.72. The Labute approximate surface area is 115 Å². The summed E-state index contributed by atoms with van der Waals surface area (Å²) in [4.78, 5) is 10.7. The summed E-state index contributed by atoms with van der Waals surface area (Å²) in [6.07, 6.45) is 1.54. The van der Waals surface area contributed by atoms with Crippen molar-refractivity contribution in [1.82, 2.24) is 9.97 Å². The summed E-state index contributed by atoms with van der Waals surface area (Å²) in [6.45, 7) is 1.61. The second-order valence-corrected chi connectivity index (χ2v) is 4.98. The molecule has 0 saturated carbocycles. The molecular weight excluding hydrogens is 253 g/mol. The van der Waals surface area contributed by atoms with Gasteiger partial charge in [0.2, 0.25) is 0 Å². The van der Waals surface area contributed by atoms with E-state index < -0.39 is 0 Å². The third kappa shape index (κ3) is 1.72. The lowest BCUT2D eigenvalue weighted by Gasteiger charge is -2.18. The van der Waals surface area contributed by atoms with Gasteiger partial charge in [0.05, 0.1) is 5.52 Å². The first-order chi connectivity index (χ1) is 9.81. The average Bonchev–Trinajstić information content (AvgIpc) is 2.90. The van der Waals surface area contributed by atoms with E-state index in [1.807, 2.05) is 12.1 Å². The Morgan fingerprint density at radius 1 is 0.950 bits per heavy atom. The number of aromatic nitrogens is 2. The molecule has 0 fully saturated rings. The van der Waals surface area contributed by atoms with Gasteiger partial charge in [0.15, 0.2) is 0 Å².